The predicted octanol–water partition coefficient (Wildman–Crippen LogP) is 6.77. The second kappa shape index (κ2) is 6.69. The summed E-state index contributed by atoms with van der Waals surface area (Å²) in [6.07, 6.45) is 5.51. The van der Waals surface area contributed by atoms with Gasteiger partial charge in [-0.1, -0.05) is 82.1 Å². The van der Waals surface area contributed by atoms with Crippen LogP contribution in [0.2, 0.25) is 0 Å². The van der Waals surface area contributed by atoms with Crippen LogP contribution in [-0.4, -0.2) is 0 Å². The molecular formula is C22H28. The summed E-state index contributed by atoms with van der Waals surface area (Å²) in [5.41, 5.74) is 5.61. The highest BCUT2D eigenvalue weighted by atomic mass is 14.2. The molecule has 1 fully saturated rings. The minimum absolute atomic E-state index is 0.602. The van der Waals surface area contributed by atoms with E-state index in [1.807, 2.05) is 0 Å². The Morgan fingerprint density at radius 1 is 0.727 bits per heavy atom. The van der Waals surface area contributed by atoms with Crippen LogP contribution in [0.5, 0.6) is 0 Å². The Labute approximate surface area is 135 Å². The molecule has 1 aliphatic carbocycles. The Morgan fingerprint density at radius 2 is 1.23 bits per heavy atom. The Bertz CT molecular complexity index is 581. The summed E-state index contributed by atoms with van der Waals surface area (Å²) in [5, 5.41) is 0. The van der Waals surface area contributed by atoms with Gasteiger partial charge in [-0.3, -0.25) is 0 Å². The van der Waals surface area contributed by atoms with Crippen LogP contribution in [0, 0.1) is 5.92 Å². The van der Waals surface area contributed by atoms with Gasteiger partial charge in [-0.2, -0.15) is 0 Å². The molecule has 0 heteroatoms. The van der Waals surface area contributed by atoms with Crippen molar-refractivity contribution in [3.05, 3.63) is 59.7 Å². The lowest BCUT2D eigenvalue weighted by atomic mass is 9.79. The highest BCUT2D eigenvalue weighted by Gasteiger charge is 2.19. The fourth-order valence-electron chi connectivity index (χ4n) is 3.60. The molecule has 3 rings (SSSR count). The average Bonchev–Trinajstić information content (AvgIpc) is 2.56. The molecule has 0 saturated heterocycles. The molecule has 1 saturated carbocycles. The van der Waals surface area contributed by atoms with Gasteiger partial charge in [-0.25, -0.2) is 0 Å². The zero-order chi connectivity index (χ0) is 15.5. The lowest BCUT2D eigenvalue weighted by Crippen LogP contribution is -2.10. The van der Waals surface area contributed by atoms with E-state index in [2.05, 4.69) is 69.3 Å². The summed E-state index contributed by atoms with van der Waals surface area (Å²) < 4.78 is 0. The van der Waals surface area contributed by atoms with Gasteiger partial charge in [-0.15, -0.1) is 0 Å². The summed E-state index contributed by atoms with van der Waals surface area (Å²) >= 11 is 0. The molecule has 2 aromatic carbocycles. The van der Waals surface area contributed by atoms with Gasteiger partial charge in [0, 0.05) is 0 Å². The number of hydrogen-bond acceptors (Lipinski definition) is 0. The second-order valence-electron chi connectivity index (χ2n) is 7.36. The molecule has 0 radical (unpaired) electrons. The molecule has 0 nitrogen and oxygen atoms in total. The van der Waals surface area contributed by atoms with E-state index in [0.717, 1.165) is 11.8 Å². The Morgan fingerprint density at radius 3 is 1.73 bits per heavy atom. The third-order valence-corrected chi connectivity index (χ3v) is 5.31. The van der Waals surface area contributed by atoms with Crippen molar-refractivity contribution in [1.82, 2.24) is 0 Å². The summed E-state index contributed by atoms with van der Waals surface area (Å²) in [7, 11) is 0. The highest BCUT2D eigenvalue weighted by molar-refractivity contribution is 5.64. The minimum Gasteiger partial charge on any atom is -0.0625 e. The van der Waals surface area contributed by atoms with Crippen LogP contribution in [0.3, 0.4) is 0 Å². The maximum atomic E-state index is 2.39. The smallest absolute Gasteiger partial charge is 0.0162 e. The lowest BCUT2D eigenvalue weighted by molar-refractivity contribution is 0.348. The van der Waals surface area contributed by atoms with E-state index >= 15 is 0 Å². The van der Waals surface area contributed by atoms with Crippen LogP contribution in [0.25, 0.3) is 11.1 Å². The third-order valence-electron chi connectivity index (χ3n) is 5.31. The van der Waals surface area contributed by atoms with Gasteiger partial charge in [0.25, 0.3) is 0 Å². The molecule has 0 aromatic heterocycles. The van der Waals surface area contributed by atoms with Crippen molar-refractivity contribution in [2.24, 2.45) is 5.92 Å². The van der Waals surface area contributed by atoms with Crippen molar-refractivity contribution in [1.29, 1.82) is 0 Å². The first-order valence-electron chi connectivity index (χ1n) is 8.84. The maximum absolute atomic E-state index is 2.39. The van der Waals surface area contributed by atoms with Crippen LogP contribution >= 0.6 is 0 Å². The lowest BCUT2D eigenvalue weighted by Gasteiger charge is -2.26. The highest BCUT2D eigenvalue weighted by Crippen LogP contribution is 2.36. The molecule has 0 amide bonds. The van der Waals surface area contributed by atoms with Crippen LogP contribution in [-0.2, 0) is 0 Å². The predicted molar refractivity (Wildman–Crippen MR) is 96.3 cm³/mol. The van der Waals surface area contributed by atoms with Gasteiger partial charge in [0.05, 0.1) is 0 Å². The SMILES string of the molecule is CC1CCC(c2ccc(-c3ccc(C(C)C)cc3)cc2)CC1. The standard InChI is InChI=1S/C22H28/c1-16(2)18-8-10-20(11-9-18)22-14-12-21(13-15-22)19-6-4-17(3)5-7-19/h8-17,19H,4-7H2,1-3H3. The van der Waals surface area contributed by atoms with Crippen LogP contribution < -0.4 is 0 Å². The van der Waals surface area contributed by atoms with Gasteiger partial charge in [0.1, 0.15) is 0 Å². The molecule has 1 aliphatic rings. The molecule has 0 heterocycles. The van der Waals surface area contributed by atoms with Gasteiger partial charge < -0.3 is 0 Å². The summed E-state index contributed by atoms with van der Waals surface area (Å²) in [6.45, 7) is 6.88. The number of rotatable bonds is 3. The molecular weight excluding hydrogens is 264 g/mol. The molecule has 22 heavy (non-hydrogen) atoms. The number of benzene rings is 2. The van der Waals surface area contributed by atoms with E-state index in [1.54, 1.807) is 0 Å². The Hall–Kier alpha value is -1.56. The van der Waals surface area contributed by atoms with Crippen molar-refractivity contribution in [3.8, 4) is 11.1 Å². The fraction of sp³-hybridized carbons (Fsp3) is 0.455. The normalized spacial score (nSPS) is 22.0. The molecule has 0 bridgehead atoms. The summed E-state index contributed by atoms with van der Waals surface area (Å²) in [6, 6.07) is 18.3. The van der Waals surface area contributed by atoms with E-state index in [1.165, 1.54) is 47.9 Å². The molecule has 0 unspecified atom stereocenters. The van der Waals surface area contributed by atoms with Crippen molar-refractivity contribution >= 4 is 0 Å². The van der Waals surface area contributed by atoms with E-state index in [-0.39, 0.29) is 0 Å². The van der Waals surface area contributed by atoms with E-state index < -0.39 is 0 Å². The minimum atomic E-state index is 0.602. The molecule has 0 atom stereocenters. The van der Waals surface area contributed by atoms with Crippen LogP contribution in [0.15, 0.2) is 48.5 Å². The molecule has 0 N–H and O–H groups in total. The van der Waals surface area contributed by atoms with Crippen LogP contribution in [0.1, 0.15) is 69.4 Å². The first-order chi connectivity index (χ1) is 10.6. The van der Waals surface area contributed by atoms with Crippen molar-refractivity contribution < 1.29 is 0 Å². The molecule has 2 aromatic rings. The van der Waals surface area contributed by atoms with Gasteiger partial charge in [0.15, 0.2) is 0 Å². The summed E-state index contributed by atoms with van der Waals surface area (Å²) in [5.74, 6) is 2.31. The molecule has 0 spiro atoms. The number of hydrogen-bond donors (Lipinski definition) is 0. The topological polar surface area (TPSA) is 0 Å². The van der Waals surface area contributed by atoms with Crippen LogP contribution in [0.4, 0.5) is 0 Å². The monoisotopic (exact) mass is 292 g/mol. The molecule has 0 aliphatic heterocycles. The maximum Gasteiger partial charge on any atom is -0.0162 e. The van der Waals surface area contributed by atoms with Gasteiger partial charge >= 0.3 is 0 Å². The Kier molecular flexibility index (Phi) is 4.66. The second-order valence-corrected chi connectivity index (χ2v) is 7.36. The van der Waals surface area contributed by atoms with Gasteiger partial charge in [-0.05, 0) is 52.8 Å². The van der Waals surface area contributed by atoms with Crippen molar-refractivity contribution in [3.63, 3.8) is 0 Å². The van der Waals surface area contributed by atoms with Crippen molar-refractivity contribution in [2.75, 3.05) is 0 Å². The third kappa shape index (κ3) is 3.43. The molecule has 116 valence electrons. The van der Waals surface area contributed by atoms with Crippen molar-refractivity contribution in [2.45, 2.75) is 58.3 Å². The Balaban J connectivity index is 1.73. The van der Waals surface area contributed by atoms with E-state index in [0.29, 0.717) is 5.92 Å². The summed E-state index contributed by atoms with van der Waals surface area (Å²) in [4.78, 5) is 0. The van der Waals surface area contributed by atoms with Gasteiger partial charge in [0.2, 0.25) is 0 Å². The van der Waals surface area contributed by atoms with E-state index in [9.17, 15) is 0 Å². The largest absolute Gasteiger partial charge is 0.0625 e. The first kappa shape index (κ1) is 15.3. The quantitative estimate of drug-likeness (QED) is 0.585. The zero-order valence-corrected chi connectivity index (χ0v) is 14.2. The fourth-order valence-corrected chi connectivity index (χ4v) is 3.60. The first-order valence-corrected chi connectivity index (χ1v) is 8.84. The van der Waals surface area contributed by atoms with E-state index in [4.69, 9.17) is 0 Å². The zero-order valence-electron chi connectivity index (χ0n) is 14.2. The average molecular weight is 292 g/mol.